The maximum absolute atomic E-state index is 12.8. The lowest BCUT2D eigenvalue weighted by Crippen LogP contribution is -2.22. The molecule has 0 spiro atoms. The third kappa shape index (κ3) is 9.28. The number of ketones is 1. The highest BCUT2D eigenvalue weighted by molar-refractivity contribution is 6.01. The fourth-order valence-corrected chi connectivity index (χ4v) is 3.97. The van der Waals surface area contributed by atoms with Crippen LogP contribution in [0.3, 0.4) is 0 Å². The Hall–Kier alpha value is -4.63. The smallest absolute Gasteiger partial charge is 0.412 e. The first-order valence-electron chi connectivity index (χ1n) is 13.0. The molecule has 9 nitrogen and oxygen atoms in total. The van der Waals surface area contributed by atoms with Crippen LogP contribution in [0, 0.1) is 5.92 Å². The molecule has 0 fully saturated rings. The average molecular weight is 546 g/mol. The zero-order chi connectivity index (χ0) is 28.9. The number of benzene rings is 3. The Bertz CT molecular complexity index is 1310. The van der Waals surface area contributed by atoms with Crippen LogP contribution in [-0.4, -0.2) is 36.1 Å². The van der Waals surface area contributed by atoms with E-state index in [4.69, 9.17) is 20.3 Å². The number of nitrogens with two attached hydrogens (primary N) is 1. The lowest BCUT2D eigenvalue weighted by Gasteiger charge is -2.25. The van der Waals surface area contributed by atoms with Gasteiger partial charge >= 0.3 is 6.09 Å². The summed E-state index contributed by atoms with van der Waals surface area (Å²) < 4.78 is 11.3. The number of para-hydroxylation sites is 2. The molecule has 0 heterocycles. The Morgan fingerprint density at radius 2 is 1.68 bits per heavy atom. The normalized spacial score (nSPS) is 12.4. The largest absolute Gasteiger partial charge is 0.491 e. The van der Waals surface area contributed by atoms with Crippen LogP contribution >= 0.6 is 0 Å². The van der Waals surface area contributed by atoms with Gasteiger partial charge in [0.1, 0.15) is 18.5 Å². The third-order valence-electron chi connectivity index (χ3n) is 6.13. The predicted molar refractivity (Wildman–Crippen MR) is 155 cm³/mol. The van der Waals surface area contributed by atoms with Crippen molar-refractivity contribution < 1.29 is 29.0 Å². The Kier molecular flexibility index (Phi) is 11.3. The second-order valence-corrected chi connectivity index (χ2v) is 9.26. The van der Waals surface area contributed by atoms with Crippen molar-refractivity contribution in [1.82, 2.24) is 0 Å². The molecule has 40 heavy (non-hydrogen) atoms. The van der Waals surface area contributed by atoms with Crippen LogP contribution in [0.4, 0.5) is 21.9 Å². The molecule has 0 aliphatic carbocycles. The van der Waals surface area contributed by atoms with Gasteiger partial charge in [-0.3, -0.25) is 14.9 Å². The summed E-state index contributed by atoms with van der Waals surface area (Å²) in [6, 6.07) is 20.7. The van der Waals surface area contributed by atoms with Crippen LogP contribution in [0.2, 0.25) is 0 Å². The van der Waals surface area contributed by atoms with Gasteiger partial charge in [0.25, 0.3) is 0 Å². The van der Waals surface area contributed by atoms with Crippen molar-refractivity contribution in [1.29, 1.82) is 0 Å². The number of rotatable bonds is 13. The zero-order valence-corrected chi connectivity index (χ0v) is 22.6. The molecule has 2 atom stereocenters. The summed E-state index contributed by atoms with van der Waals surface area (Å²) in [5, 5.41) is 14.4. The van der Waals surface area contributed by atoms with E-state index in [1.54, 1.807) is 66.7 Å². The van der Waals surface area contributed by atoms with Gasteiger partial charge in [-0.2, -0.15) is 0 Å². The summed E-state index contributed by atoms with van der Waals surface area (Å²) in [5.41, 5.74) is 8.72. The molecule has 2 amide bonds. The third-order valence-corrected chi connectivity index (χ3v) is 6.13. The van der Waals surface area contributed by atoms with Crippen LogP contribution in [0.15, 0.2) is 84.9 Å². The van der Waals surface area contributed by atoms with Gasteiger partial charge in [0.15, 0.2) is 5.78 Å². The number of hydrogen-bond acceptors (Lipinski definition) is 7. The van der Waals surface area contributed by atoms with E-state index in [1.165, 1.54) is 13.0 Å². The SMILES string of the molecule is CC(=O)c1ccc(NC(=O)O[C@@H](c2ccc(OCCO)cc2)[C@@H](C)CC/C=C/C(=O)Nc2ccccc2N)cc1. The molecule has 3 aromatic rings. The Morgan fingerprint density at radius 3 is 2.33 bits per heavy atom. The van der Waals surface area contributed by atoms with Gasteiger partial charge < -0.3 is 25.6 Å². The van der Waals surface area contributed by atoms with Crippen molar-refractivity contribution >= 4 is 34.8 Å². The van der Waals surface area contributed by atoms with Crippen molar-refractivity contribution in [2.24, 2.45) is 5.92 Å². The maximum atomic E-state index is 12.8. The number of nitrogens with one attached hydrogen (secondary N) is 2. The molecule has 0 saturated carbocycles. The van der Waals surface area contributed by atoms with Crippen LogP contribution in [0.1, 0.15) is 48.7 Å². The lowest BCUT2D eigenvalue weighted by atomic mass is 9.93. The van der Waals surface area contributed by atoms with E-state index in [-0.39, 0.29) is 30.8 Å². The van der Waals surface area contributed by atoms with Crippen LogP contribution in [0.25, 0.3) is 0 Å². The van der Waals surface area contributed by atoms with E-state index in [2.05, 4.69) is 10.6 Å². The van der Waals surface area contributed by atoms with E-state index in [1.807, 2.05) is 19.1 Å². The van der Waals surface area contributed by atoms with Crippen molar-refractivity contribution in [3.8, 4) is 5.75 Å². The molecular weight excluding hydrogens is 510 g/mol. The molecule has 0 aliphatic heterocycles. The number of hydrogen-bond donors (Lipinski definition) is 4. The van der Waals surface area contributed by atoms with Crippen molar-refractivity contribution in [2.75, 3.05) is 29.6 Å². The van der Waals surface area contributed by atoms with E-state index in [9.17, 15) is 14.4 Å². The first-order chi connectivity index (χ1) is 19.3. The van der Waals surface area contributed by atoms with Gasteiger partial charge in [-0.25, -0.2) is 4.79 Å². The Balaban J connectivity index is 1.64. The zero-order valence-electron chi connectivity index (χ0n) is 22.6. The number of Topliss-reactive ketones (excluding diaryl/α,β-unsaturated/α-hetero) is 1. The molecule has 5 N–H and O–H groups in total. The fourth-order valence-electron chi connectivity index (χ4n) is 3.97. The minimum atomic E-state index is -0.636. The minimum Gasteiger partial charge on any atom is -0.491 e. The molecule has 0 radical (unpaired) electrons. The van der Waals surface area contributed by atoms with Gasteiger partial charge in [-0.05, 0) is 85.9 Å². The van der Waals surface area contributed by atoms with Crippen molar-refractivity contribution in [3.63, 3.8) is 0 Å². The van der Waals surface area contributed by atoms with E-state index in [0.29, 0.717) is 41.2 Å². The maximum Gasteiger partial charge on any atom is 0.412 e. The average Bonchev–Trinajstić information content (AvgIpc) is 2.94. The van der Waals surface area contributed by atoms with Crippen LogP contribution in [-0.2, 0) is 9.53 Å². The van der Waals surface area contributed by atoms with Crippen molar-refractivity contribution in [3.05, 3.63) is 96.1 Å². The highest BCUT2D eigenvalue weighted by Gasteiger charge is 2.24. The van der Waals surface area contributed by atoms with Gasteiger partial charge in [0.2, 0.25) is 5.91 Å². The molecule has 3 rings (SSSR count). The summed E-state index contributed by atoms with van der Waals surface area (Å²) in [5.74, 6) is 0.136. The predicted octanol–water partition coefficient (Wildman–Crippen LogP) is 5.74. The number of anilines is 3. The summed E-state index contributed by atoms with van der Waals surface area (Å²) in [6.07, 6.45) is 3.21. The number of nitrogen functional groups attached to an aromatic ring is 1. The molecule has 0 aromatic heterocycles. The topological polar surface area (TPSA) is 140 Å². The second-order valence-electron chi connectivity index (χ2n) is 9.26. The minimum absolute atomic E-state index is 0.0647. The monoisotopic (exact) mass is 545 g/mol. The molecular formula is C31H35N3O6. The molecule has 9 heteroatoms. The van der Waals surface area contributed by atoms with Gasteiger partial charge in [-0.15, -0.1) is 0 Å². The summed E-state index contributed by atoms with van der Waals surface area (Å²) >= 11 is 0. The summed E-state index contributed by atoms with van der Waals surface area (Å²) in [7, 11) is 0. The highest BCUT2D eigenvalue weighted by atomic mass is 16.6. The van der Waals surface area contributed by atoms with Gasteiger partial charge in [0, 0.05) is 11.3 Å². The lowest BCUT2D eigenvalue weighted by molar-refractivity contribution is -0.111. The number of ether oxygens (including phenoxy) is 2. The van der Waals surface area contributed by atoms with E-state index in [0.717, 1.165) is 5.56 Å². The van der Waals surface area contributed by atoms with E-state index >= 15 is 0 Å². The van der Waals surface area contributed by atoms with Crippen molar-refractivity contribution in [2.45, 2.75) is 32.8 Å². The molecule has 3 aromatic carbocycles. The highest BCUT2D eigenvalue weighted by Crippen LogP contribution is 2.31. The molecule has 210 valence electrons. The number of amides is 2. The summed E-state index contributed by atoms with van der Waals surface area (Å²) in [6.45, 7) is 3.53. The molecule has 0 saturated heterocycles. The Labute approximate surface area is 234 Å². The number of allylic oxidation sites excluding steroid dienone is 1. The fraction of sp³-hybridized carbons (Fsp3) is 0.258. The van der Waals surface area contributed by atoms with Gasteiger partial charge in [-0.1, -0.05) is 37.3 Å². The number of carbonyl (C=O) groups is 3. The standard InChI is InChI=1S/C31H35N3O6/c1-21(7-3-6-10-29(37)34-28-9-5-4-8-27(28)32)30(24-13-17-26(18-14-24)39-20-19-35)40-31(38)33-25-15-11-23(12-16-25)22(2)36/h4-6,8-18,21,30,35H,3,7,19-20,32H2,1-2H3,(H,33,38)(H,34,37)/b10-6+/t21-,30+/m0/s1. The number of aliphatic hydroxyl groups excluding tert-OH is 1. The first kappa shape index (κ1) is 29.9. The van der Waals surface area contributed by atoms with Crippen LogP contribution in [0.5, 0.6) is 5.75 Å². The quantitative estimate of drug-likeness (QED) is 0.122. The van der Waals surface area contributed by atoms with Crippen LogP contribution < -0.4 is 21.1 Å². The molecule has 0 aliphatic rings. The first-order valence-corrected chi connectivity index (χ1v) is 13.0. The Morgan fingerprint density at radius 1 is 0.975 bits per heavy atom. The van der Waals surface area contributed by atoms with E-state index < -0.39 is 12.2 Å². The molecule has 0 bridgehead atoms. The van der Waals surface area contributed by atoms with Gasteiger partial charge in [0.05, 0.1) is 18.0 Å². The number of carbonyl (C=O) groups excluding carboxylic acids is 3. The second kappa shape index (κ2) is 15.1. The number of aliphatic hydroxyl groups is 1. The summed E-state index contributed by atoms with van der Waals surface area (Å²) in [4.78, 5) is 36.6. The molecule has 0 unspecified atom stereocenters.